The molecule has 0 amide bonds. The van der Waals surface area contributed by atoms with E-state index in [1.165, 1.54) is 0 Å². The summed E-state index contributed by atoms with van der Waals surface area (Å²) in [5.74, 6) is 1.60. The molecule has 0 radical (unpaired) electrons. The maximum atomic E-state index is 5.84. The third kappa shape index (κ3) is 6.35. The van der Waals surface area contributed by atoms with E-state index in [0.717, 1.165) is 46.6 Å². The topological polar surface area (TPSA) is 71.4 Å². The van der Waals surface area contributed by atoms with Crippen molar-refractivity contribution >= 4 is 17.3 Å². The lowest BCUT2D eigenvalue weighted by Gasteiger charge is -2.12. The lowest BCUT2D eigenvalue weighted by molar-refractivity contribution is 0.301. The smallest absolute Gasteiger partial charge is 0.191 e. The Morgan fingerprint density at radius 2 is 2.07 bits per heavy atom. The van der Waals surface area contributed by atoms with Gasteiger partial charge in [-0.1, -0.05) is 18.2 Å². The van der Waals surface area contributed by atoms with Crippen molar-refractivity contribution in [3.8, 4) is 5.75 Å². The van der Waals surface area contributed by atoms with Crippen molar-refractivity contribution in [3.63, 3.8) is 0 Å². The molecular weight excluding hydrogens is 370 g/mol. The molecule has 0 aliphatic carbocycles. The first-order valence-corrected chi connectivity index (χ1v) is 10.1. The summed E-state index contributed by atoms with van der Waals surface area (Å²) in [6.07, 6.45) is 2.65. The maximum absolute atomic E-state index is 5.84. The van der Waals surface area contributed by atoms with Crippen LogP contribution < -0.4 is 15.4 Å². The number of nitrogens with zero attached hydrogens (tertiary/aromatic N) is 3. The Kier molecular flexibility index (Phi) is 7.37. The number of guanidine groups is 1. The van der Waals surface area contributed by atoms with Gasteiger partial charge < -0.3 is 15.4 Å². The van der Waals surface area contributed by atoms with Crippen LogP contribution in [-0.2, 0) is 19.6 Å². The third-order valence-corrected chi connectivity index (χ3v) is 4.86. The number of benzene rings is 1. The normalized spacial score (nSPS) is 11.3. The molecule has 146 valence electrons. The number of nitrogens with one attached hydrogen (secondary N) is 2. The summed E-state index contributed by atoms with van der Waals surface area (Å²) < 4.78 is 5.84. The average molecular weight is 396 g/mol. The second-order valence-electron chi connectivity index (χ2n) is 6.22. The minimum absolute atomic E-state index is 0.455. The third-order valence-electron chi connectivity index (χ3n) is 4.04. The van der Waals surface area contributed by atoms with Crippen LogP contribution in [0.2, 0.25) is 0 Å². The Balaban J connectivity index is 1.44. The average Bonchev–Trinajstić information content (AvgIpc) is 3.15. The van der Waals surface area contributed by atoms with Crippen molar-refractivity contribution in [1.82, 2.24) is 20.6 Å². The largest absolute Gasteiger partial charge is 0.487 e. The summed E-state index contributed by atoms with van der Waals surface area (Å²) in [6.45, 7) is 3.93. The zero-order valence-corrected chi connectivity index (χ0v) is 17.0. The zero-order chi connectivity index (χ0) is 19.6. The van der Waals surface area contributed by atoms with E-state index in [1.807, 2.05) is 43.3 Å². The quantitative estimate of drug-likeness (QED) is 0.452. The second-order valence-corrected chi connectivity index (χ2v) is 7.28. The van der Waals surface area contributed by atoms with Gasteiger partial charge in [0.05, 0.1) is 16.4 Å². The van der Waals surface area contributed by atoms with E-state index in [1.54, 1.807) is 24.6 Å². The van der Waals surface area contributed by atoms with Gasteiger partial charge in [-0.3, -0.25) is 9.98 Å². The molecule has 1 aromatic carbocycles. The Labute approximate surface area is 169 Å². The van der Waals surface area contributed by atoms with Crippen molar-refractivity contribution in [1.29, 1.82) is 0 Å². The number of thiazole rings is 1. The second kappa shape index (κ2) is 10.4. The molecule has 3 aromatic rings. The van der Waals surface area contributed by atoms with Gasteiger partial charge in [-0.2, -0.15) is 0 Å². The van der Waals surface area contributed by atoms with Crippen LogP contribution in [0.25, 0.3) is 0 Å². The van der Waals surface area contributed by atoms with Gasteiger partial charge >= 0.3 is 0 Å². The molecule has 0 saturated heterocycles. The number of ether oxygens (including phenoxy) is 1. The number of aryl methyl sites for hydroxylation is 1. The maximum Gasteiger partial charge on any atom is 0.191 e. The van der Waals surface area contributed by atoms with Gasteiger partial charge in [0.25, 0.3) is 0 Å². The summed E-state index contributed by atoms with van der Waals surface area (Å²) >= 11 is 1.68. The van der Waals surface area contributed by atoms with Crippen molar-refractivity contribution in [3.05, 3.63) is 76.0 Å². The summed E-state index contributed by atoms with van der Waals surface area (Å²) in [4.78, 5) is 13.0. The molecule has 6 nitrogen and oxygen atoms in total. The molecule has 2 heterocycles. The molecule has 28 heavy (non-hydrogen) atoms. The standard InChI is InChI=1S/C21H25N5OS/c1-16-26-19(15-28-16)9-11-24-21(22-2)25-13-17-6-5-8-20(12-17)27-14-18-7-3-4-10-23-18/h3-8,10,12,15H,9,11,13-14H2,1-2H3,(H2,22,24,25). The van der Waals surface area contributed by atoms with Crippen molar-refractivity contribution in [2.24, 2.45) is 4.99 Å². The van der Waals surface area contributed by atoms with Crippen molar-refractivity contribution in [2.45, 2.75) is 26.5 Å². The van der Waals surface area contributed by atoms with Crippen molar-refractivity contribution < 1.29 is 4.74 Å². The van der Waals surface area contributed by atoms with E-state index in [4.69, 9.17) is 4.74 Å². The zero-order valence-electron chi connectivity index (χ0n) is 16.2. The first-order valence-electron chi connectivity index (χ1n) is 9.20. The van der Waals surface area contributed by atoms with Gasteiger partial charge in [0, 0.05) is 38.1 Å². The monoisotopic (exact) mass is 395 g/mol. The van der Waals surface area contributed by atoms with Crippen LogP contribution in [0.3, 0.4) is 0 Å². The fourth-order valence-corrected chi connectivity index (χ4v) is 3.27. The van der Waals surface area contributed by atoms with Gasteiger partial charge in [0.15, 0.2) is 5.96 Å². The van der Waals surface area contributed by atoms with Gasteiger partial charge in [-0.05, 0) is 36.8 Å². The Morgan fingerprint density at radius 3 is 2.82 bits per heavy atom. The van der Waals surface area contributed by atoms with Gasteiger partial charge in [-0.25, -0.2) is 4.98 Å². The first-order chi connectivity index (χ1) is 13.7. The number of aliphatic imine (C=N–C) groups is 1. The van der Waals surface area contributed by atoms with Crippen LogP contribution in [-0.4, -0.2) is 29.5 Å². The van der Waals surface area contributed by atoms with Gasteiger partial charge in [0.2, 0.25) is 0 Å². The molecule has 7 heteroatoms. The van der Waals surface area contributed by atoms with E-state index in [0.29, 0.717) is 13.2 Å². The Hall–Kier alpha value is -2.93. The van der Waals surface area contributed by atoms with E-state index in [-0.39, 0.29) is 0 Å². The van der Waals surface area contributed by atoms with Crippen molar-refractivity contribution in [2.75, 3.05) is 13.6 Å². The SMILES string of the molecule is CN=C(NCCc1csc(C)n1)NCc1cccc(OCc2ccccn2)c1. The summed E-state index contributed by atoms with van der Waals surface area (Å²) in [5, 5.41) is 9.85. The van der Waals surface area contributed by atoms with Crippen LogP contribution >= 0.6 is 11.3 Å². The molecule has 0 spiro atoms. The van der Waals surface area contributed by atoms with Crippen LogP contribution in [0, 0.1) is 6.92 Å². The number of pyridine rings is 1. The molecule has 3 rings (SSSR count). The summed E-state index contributed by atoms with van der Waals surface area (Å²) in [6, 6.07) is 13.8. The van der Waals surface area contributed by atoms with Gasteiger partial charge in [0.1, 0.15) is 12.4 Å². The Morgan fingerprint density at radius 1 is 1.14 bits per heavy atom. The number of hydrogen-bond acceptors (Lipinski definition) is 5. The van der Waals surface area contributed by atoms with Crippen LogP contribution in [0.1, 0.15) is 22.0 Å². The number of aromatic nitrogens is 2. The van der Waals surface area contributed by atoms with Crippen LogP contribution in [0.5, 0.6) is 5.75 Å². The molecule has 2 N–H and O–H groups in total. The predicted molar refractivity (Wildman–Crippen MR) is 114 cm³/mol. The first kappa shape index (κ1) is 19.8. The highest BCUT2D eigenvalue weighted by atomic mass is 32.1. The van der Waals surface area contributed by atoms with E-state index >= 15 is 0 Å². The van der Waals surface area contributed by atoms with Crippen LogP contribution in [0.4, 0.5) is 0 Å². The summed E-state index contributed by atoms with van der Waals surface area (Å²) in [7, 11) is 1.77. The fourth-order valence-electron chi connectivity index (χ4n) is 2.62. The molecule has 0 bridgehead atoms. The highest BCUT2D eigenvalue weighted by Gasteiger charge is 2.03. The number of hydrogen-bond donors (Lipinski definition) is 2. The molecule has 2 aromatic heterocycles. The molecule has 0 atom stereocenters. The van der Waals surface area contributed by atoms with E-state index in [9.17, 15) is 0 Å². The van der Waals surface area contributed by atoms with Gasteiger partial charge in [-0.15, -0.1) is 11.3 Å². The van der Waals surface area contributed by atoms with Crippen LogP contribution in [0.15, 0.2) is 59.0 Å². The fraction of sp³-hybridized carbons (Fsp3) is 0.286. The lowest BCUT2D eigenvalue weighted by atomic mass is 10.2. The lowest BCUT2D eigenvalue weighted by Crippen LogP contribution is -2.37. The minimum atomic E-state index is 0.455. The predicted octanol–water partition coefficient (Wildman–Crippen LogP) is 3.33. The highest BCUT2D eigenvalue weighted by molar-refractivity contribution is 7.09. The molecule has 0 aliphatic heterocycles. The minimum Gasteiger partial charge on any atom is -0.487 e. The molecule has 0 unspecified atom stereocenters. The molecular formula is C21H25N5OS. The summed E-state index contributed by atoms with van der Waals surface area (Å²) in [5.41, 5.74) is 3.14. The molecule has 0 saturated carbocycles. The van der Waals surface area contributed by atoms with E-state index < -0.39 is 0 Å². The molecule has 0 aliphatic rings. The van der Waals surface area contributed by atoms with E-state index in [2.05, 4.69) is 37.0 Å². The Bertz CT molecular complexity index is 895. The number of rotatable bonds is 8. The highest BCUT2D eigenvalue weighted by Crippen LogP contribution is 2.14. The molecule has 0 fully saturated rings.